The van der Waals surface area contributed by atoms with Gasteiger partial charge in [0.15, 0.2) is 0 Å². The Bertz CT molecular complexity index is 248. The molecule has 5 nitrogen and oxygen atoms in total. The molecule has 0 rings (SSSR count). The van der Waals surface area contributed by atoms with Crippen molar-refractivity contribution in [2.24, 2.45) is 5.92 Å². The van der Waals surface area contributed by atoms with Crippen molar-refractivity contribution in [3.8, 4) is 0 Å². The zero-order valence-corrected chi connectivity index (χ0v) is 13.4. The molecule has 1 amide bonds. The summed E-state index contributed by atoms with van der Waals surface area (Å²) in [6, 6.07) is -0.917. The van der Waals surface area contributed by atoms with Crippen LogP contribution < -0.4 is 5.32 Å². The zero-order chi connectivity index (χ0) is 14.2. The van der Waals surface area contributed by atoms with Gasteiger partial charge in [-0.15, -0.1) is 0 Å². The third kappa shape index (κ3) is 10.3. The van der Waals surface area contributed by atoms with Gasteiger partial charge in [0.25, 0.3) is 0 Å². The van der Waals surface area contributed by atoms with E-state index in [1.807, 2.05) is 4.93 Å². The number of nitrogens with one attached hydrogen (secondary N) is 1. The Hall–Kier alpha value is -0.530. The number of carbonyl (C=O) groups is 2. The highest BCUT2D eigenvalue weighted by Crippen LogP contribution is 2.08. The smallest absolute Gasteiger partial charge is 0.408 e. The summed E-state index contributed by atoms with van der Waals surface area (Å²) in [5, 5.41) is 11.1. The lowest BCUT2D eigenvalue weighted by Crippen LogP contribution is -2.46. The predicted octanol–water partition coefficient (Wildman–Crippen LogP) is 2.67. The molecule has 0 aliphatic carbocycles. The Balaban J connectivity index is 0. The lowest BCUT2D eigenvalue weighted by atomic mass is 10.1. The van der Waals surface area contributed by atoms with E-state index in [9.17, 15) is 9.59 Å². The summed E-state index contributed by atoms with van der Waals surface area (Å²) in [6.07, 6.45) is -0.705. The molecule has 0 aliphatic heterocycles. The number of halogens is 1. The van der Waals surface area contributed by atoms with Crippen molar-refractivity contribution in [2.45, 2.75) is 46.3 Å². The molecule has 0 aromatic carbocycles. The SMILES string of the molecule is CC(C)[C@H](NC(=O)OC(C)(C)C)C(=O)O.CI. The van der Waals surface area contributed by atoms with Crippen LogP contribution in [0.25, 0.3) is 0 Å². The van der Waals surface area contributed by atoms with Crippen molar-refractivity contribution in [2.75, 3.05) is 4.93 Å². The van der Waals surface area contributed by atoms with Crippen molar-refractivity contribution in [3.63, 3.8) is 0 Å². The van der Waals surface area contributed by atoms with Crippen LogP contribution in [0, 0.1) is 5.92 Å². The fourth-order valence-corrected chi connectivity index (χ4v) is 0.948. The number of hydrogen-bond donors (Lipinski definition) is 2. The minimum absolute atomic E-state index is 0.185. The molecule has 102 valence electrons. The molecule has 0 aromatic heterocycles. The molecular formula is C11H22INO4. The molecule has 0 bridgehead atoms. The number of alkyl carbamates (subject to hydrolysis) is 1. The fourth-order valence-electron chi connectivity index (χ4n) is 0.948. The normalized spacial score (nSPS) is 12.2. The summed E-state index contributed by atoms with van der Waals surface area (Å²) in [7, 11) is 0. The monoisotopic (exact) mass is 359 g/mol. The van der Waals surface area contributed by atoms with Crippen LogP contribution in [0.5, 0.6) is 0 Å². The molecule has 0 radical (unpaired) electrons. The van der Waals surface area contributed by atoms with Gasteiger partial charge in [0, 0.05) is 0 Å². The summed E-state index contributed by atoms with van der Waals surface area (Å²) in [4.78, 5) is 24.0. The topological polar surface area (TPSA) is 75.6 Å². The second-order valence-corrected chi connectivity index (χ2v) is 4.71. The predicted molar refractivity (Wildman–Crippen MR) is 75.6 cm³/mol. The molecule has 0 aliphatic rings. The molecule has 17 heavy (non-hydrogen) atoms. The van der Waals surface area contributed by atoms with E-state index in [4.69, 9.17) is 9.84 Å². The van der Waals surface area contributed by atoms with Crippen molar-refractivity contribution in [1.29, 1.82) is 0 Å². The van der Waals surface area contributed by atoms with Gasteiger partial charge in [-0.05, 0) is 31.6 Å². The number of carbonyl (C=O) groups excluding carboxylic acids is 1. The summed E-state index contributed by atoms with van der Waals surface area (Å²) >= 11 is 2.15. The van der Waals surface area contributed by atoms with Gasteiger partial charge in [-0.1, -0.05) is 36.4 Å². The Morgan fingerprint density at radius 2 is 1.65 bits per heavy atom. The van der Waals surface area contributed by atoms with Crippen LogP contribution in [0.3, 0.4) is 0 Å². The number of carboxylic acids is 1. The Morgan fingerprint density at radius 1 is 1.24 bits per heavy atom. The van der Waals surface area contributed by atoms with Gasteiger partial charge in [-0.25, -0.2) is 9.59 Å². The molecule has 0 fully saturated rings. The summed E-state index contributed by atoms with van der Waals surface area (Å²) in [5.74, 6) is -1.24. The fraction of sp³-hybridized carbons (Fsp3) is 0.818. The number of carboxylic acid groups (broad SMARTS) is 1. The Morgan fingerprint density at radius 3 is 1.88 bits per heavy atom. The minimum atomic E-state index is -1.06. The van der Waals surface area contributed by atoms with E-state index in [1.54, 1.807) is 34.6 Å². The second-order valence-electron chi connectivity index (χ2n) is 4.71. The molecule has 2 N–H and O–H groups in total. The van der Waals surface area contributed by atoms with Gasteiger partial charge >= 0.3 is 12.1 Å². The van der Waals surface area contributed by atoms with Crippen LogP contribution in [0.1, 0.15) is 34.6 Å². The highest BCUT2D eigenvalue weighted by Gasteiger charge is 2.26. The van der Waals surface area contributed by atoms with E-state index in [-0.39, 0.29) is 5.92 Å². The number of hydrogen-bond acceptors (Lipinski definition) is 3. The molecular weight excluding hydrogens is 337 g/mol. The first-order chi connectivity index (χ1) is 7.63. The van der Waals surface area contributed by atoms with Gasteiger partial charge < -0.3 is 15.2 Å². The lowest BCUT2D eigenvalue weighted by Gasteiger charge is -2.23. The van der Waals surface area contributed by atoms with Crippen LogP contribution in [0.15, 0.2) is 0 Å². The van der Waals surface area contributed by atoms with E-state index >= 15 is 0 Å². The molecule has 0 saturated heterocycles. The standard InChI is InChI=1S/C10H19NO4.CH3I/c1-6(2)7(8(12)13)11-9(14)15-10(3,4)5;1-2/h6-7H,1-5H3,(H,11,14)(H,12,13);1H3/t7-;/m0./s1. The first-order valence-electron chi connectivity index (χ1n) is 5.23. The van der Waals surface area contributed by atoms with E-state index in [2.05, 4.69) is 27.9 Å². The van der Waals surface area contributed by atoms with Crippen molar-refractivity contribution < 1.29 is 19.4 Å². The maximum absolute atomic E-state index is 11.3. The van der Waals surface area contributed by atoms with Gasteiger partial charge in [0.05, 0.1) is 0 Å². The number of aliphatic carboxylic acids is 1. The van der Waals surface area contributed by atoms with Crippen molar-refractivity contribution in [3.05, 3.63) is 0 Å². The number of ether oxygens (including phenoxy) is 1. The lowest BCUT2D eigenvalue weighted by molar-refractivity contribution is -0.140. The summed E-state index contributed by atoms with van der Waals surface area (Å²) in [5.41, 5.74) is -0.621. The van der Waals surface area contributed by atoms with Crippen molar-refractivity contribution in [1.82, 2.24) is 5.32 Å². The Labute approximate surface area is 116 Å². The largest absolute Gasteiger partial charge is 0.480 e. The molecule has 1 atom stereocenters. The average Bonchev–Trinajstić information content (AvgIpc) is 2.13. The maximum atomic E-state index is 11.3. The van der Waals surface area contributed by atoms with Crippen molar-refractivity contribution >= 4 is 34.7 Å². The summed E-state index contributed by atoms with van der Waals surface area (Å²) in [6.45, 7) is 8.60. The number of rotatable bonds is 3. The molecule has 6 heteroatoms. The maximum Gasteiger partial charge on any atom is 0.408 e. The summed E-state index contributed by atoms with van der Waals surface area (Å²) < 4.78 is 4.96. The second kappa shape index (κ2) is 8.54. The first kappa shape index (κ1) is 18.8. The number of alkyl halides is 1. The van der Waals surface area contributed by atoms with Crippen LogP contribution in [-0.4, -0.2) is 33.7 Å². The van der Waals surface area contributed by atoms with Crippen LogP contribution in [0.4, 0.5) is 4.79 Å². The van der Waals surface area contributed by atoms with Gasteiger partial charge in [-0.2, -0.15) is 0 Å². The first-order valence-corrected chi connectivity index (χ1v) is 7.39. The molecule has 0 saturated carbocycles. The van der Waals surface area contributed by atoms with Crippen LogP contribution in [-0.2, 0) is 9.53 Å². The highest BCUT2D eigenvalue weighted by molar-refractivity contribution is 14.1. The third-order valence-electron chi connectivity index (χ3n) is 1.60. The van der Waals surface area contributed by atoms with Crippen LogP contribution >= 0.6 is 22.6 Å². The van der Waals surface area contributed by atoms with Crippen LogP contribution in [0.2, 0.25) is 0 Å². The molecule has 0 spiro atoms. The zero-order valence-electron chi connectivity index (χ0n) is 11.2. The van der Waals surface area contributed by atoms with E-state index in [0.717, 1.165) is 0 Å². The average molecular weight is 359 g/mol. The minimum Gasteiger partial charge on any atom is -0.480 e. The van der Waals surface area contributed by atoms with Gasteiger partial charge in [0.2, 0.25) is 0 Å². The quantitative estimate of drug-likeness (QED) is 0.600. The van der Waals surface area contributed by atoms with Gasteiger partial charge in [0.1, 0.15) is 11.6 Å². The Kier molecular flexibility index (Phi) is 9.46. The van der Waals surface area contributed by atoms with E-state index in [1.165, 1.54) is 0 Å². The van der Waals surface area contributed by atoms with E-state index < -0.39 is 23.7 Å². The van der Waals surface area contributed by atoms with Gasteiger partial charge in [-0.3, -0.25) is 0 Å². The molecule has 0 aromatic rings. The van der Waals surface area contributed by atoms with E-state index in [0.29, 0.717) is 0 Å². The highest BCUT2D eigenvalue weighted by atomic mass is 127. The number of amides is 1. The molecule has 0 heterocycles. The molecule has 0 unspecified atom stereocenters. The third-order valence-corrected chi connectivity index (χ3v) is 1.60.